The van der Waals surface area contributed by atoms with E-state index in [1.54, 1.807) is 31.2 Å². The average Bonchev–Trinajstić information content (AvgIpc) is 3.12. The molecule has 1 atom stereocenters. The van der Waals surface area contributed by atoms with Crippen molar-refractivity contribution >= 4 is 15.7 Å². The molecule has 3 rings (SSSR count). The van der Waals surface area contributed by atoms with Crippen molar-refractivity contribution < 1.29 is 13.5 Å². The summed E-state index contributed by atoms with van der Waals surface area (Å²) in [7, 11) is -3.85. The van der Waals surface area contributed by atoms with Crippen LogP contribution in [0.5, 0.6) is 0 Å². The molecule has 1 aromatic heterocycles. The number of hydrogen-bond acceptors (Lipinski definition) is 4. The molecular formula is C18H19N3O3S. The molecule has 1 heterocycles. The number of aromatic nitrogens is 2. The summed E-state index contributed by atoms with van der Waals surface area (Å²) in [5, 5.41) is 13.9. The van der Waals surface area contributed by atoms with Crippen LogP contribution in [0.2, 0.25) is 0 Å². The second-order valence-electron chi connectivity index (χ2n) is 5.68. The van der Waals surface area contributed by atoms with E-state index in [-0.39, 0.29) is 11.4 Å². The molecule has 0 spiro atoms. The van der Waals surface area contributed by atoms with Crippen molar-refractivity contribution in [2.45, 2.75) is 17.9 Å². The summed E-state index contributed by atoms with van der Waals surface area (Å²) in [6.07, 6.45) is 1.99. The Morgan fingerprint density at radius 3 is 2.28 bits per heavy atom. The maximum absolute atomic E-state index is 13.1. The molecule has 0 aliphatic rings. The summed E-state index contributed by atoms with van der Waals surface area (Å²) in [6.45, 7) is 1.52. The van der Waals surface area contributed by atoms with Crippen LogP contribution >= 0.6 is 0 Å². The SMILES string of the molecule is C[C@H](O)CN(c1ccccc1)S(=O)(=O)c1cnn(-c2ccccc2)c1. The van der Waals surface area contributed by atoms with E-state index in [9.17, 15) is 13.5 Å². The predicted octanol–water partition coefficient (Wildman–Crippen LogP) is 2.45. The maximum atomic E-state index is 13.1. The fourth-order valence-electron chi connectivity index (χ4n) is 2.47. The average molecular weight is 357 g/mol. The molecule has 3 aromatic rings. The van der Waals surface area contributed by atoms with Crippen molar-refractivity contribution in [2.24, 2.45) is 0 Å². The minimum atomic E-state index is -3.85. The quantitative estimate of drug-likeness (QED) is 0.735. The van der Waals surface area contributed by atoms with E-state index in [0.717, 1.165) is 5.69 Å². The zero-order valence-corrected chi connectivity index (χ0v) is 14.5. The Morgan fingerprint density at radius 1 is 1.08 bits per heavy atom. The Labute approximate surface area is 147 Å². The highest BCUT2D eigenvalue weighted by Crippen LogP contribution is 2.24. The molecule has 0 amide bonds. The van der Waals surface area contributed by atoms with Crippen LogP contribution in [0.3, 0.4) is 0 Å². The number of nitrogens with zero attached hydrogens (tertiary/aromatic N) is 3. The highest BCUT2D eigenvalue weighted by Gasteiger charge is 2.27. The fourth-order valence-corrected chi connectivity index (χ4v) is 3.94. The van der Waals surface area contributed by atoms with Crippen LogP contribution in [0, 0.1) is 0 Å². The van der Waals surface area contributed by atoms with Crippen molar-refractivity contribution in [3.63, 3.8) is 0 Å². The number of anilines is 1. The molecular weight excluding hydrogens is 338 g/mol. The minimum absolute atomic E-state index is 0.0388. The first kappa shape index (κ1) is 17.2. The van der Waals surface area contributed by atoms with Gasteiger partial charge in [0.05, 0.1) is 36.4 Å². The maximum Gasteiger partial charge on any atom is 0.267 e. The third-order valence-corrected chi connectivity index (χ3v) is 5.39. The van der Waals surface area contributed by atoms with Gasteiger partial charge in [-0.15, -0.1) is 0 Å². The molecule has 7 heteroatoms. The number of aliphatic hydroxyl groups excluding tert-OH is 1. The van der Waals surface area contributed by atoms with Crippen LogP contribution in [-0.4, -0.2) is 36.0 Å². The van der Waals surface area contributed by atoms with Crippen LogP contribution in [-0.2, 0) is 10.0 Å². The fraction of sp³-hybridized carbons (Fsp3) is 0.167. The summed E-state index contributed by atoms with van der Waals surface area (Å²) in [6, 6.07) is 18.0. The zero-order valence-electron chi connectivity index (χ0n) is 13.7. The molecule has 0 bridgehead atoms. The van der Waals surface area contributed by atoms with Gasteiger partial charge in [0.1, 0.15) is 4.90 Å². The lowest BCUT2D eigenvalue weighted by Crippen LogP contribution is -2.36. The molecule has 1 N–H and O–H groups in total. The standard InChI is InChI=1S/C18H19N3O3S/c1-15(22)13-21(17-10-6-3-7-11-17)25(23,24)18-12-19-20(14-18)16-8-4-2-5-9-16/h2-12,14-15,22H,13H2,1H3/t15-/m0/s1. The van der Waals surface area contributed by atoms with Crippen LogP contribution in [0.4, 0.5) is 5.69 Å². The summed E-state index contributed by atoms with van der Waals surface area (Å²) < 4.78 is 28.9. The van der Waals surface area contributed by atoms with Crippen molar-refractivity contribution in [1.82, 2.24) is 9.78 Å². The molecule has 0 aliphatic carbocycles. The van der Waals surface area contributed by atoms with Gasteiger partial charge >= 0.3 is 0 Å². The van der Waals surface area contributed by atoms with Crippen molar-refractivity contribution in [2.75, 3.05) is 10.8 Å². The molecule has 0 fully saturated rings. The van der Waals surface area contributed by atoms with Gasteiger partial charge in [-0.1, -0.05) is 36.4 Å². The van der Waals surface area contributed by atoms with Crippen LogP contribution in [0.1, 0.15) is 6.92 Å². The van der Waals surface area contributed by atoms with Crippen LogP contribution in [0.15, 0.2) is 78.0 Å². The van der Waals surface area contributed by atoms with Crippen molar-refractivity contribution in [1.29, 1.82) is 0 Å². The largest absolute Gasteiger partial charge is 0.392 e. The van der Waals surface area contributed by atoms with Crippen molar-refractivity contribution in [3.8, 4) is 5.69 Å². The highest BCUT2D eigenvalue weighted by atomic mass is 32.2. The van der Waals surface area contributed by atoms with Crippen LogP contribution in [0.25, 0.3) is 5.69 Å². The molecule has 0 radical (unpaired) electrons. The number of aliphatic hydroxyl groups is 1. The van der Waals surface area contributed by atoms with E-state index < -0.39 is 16.1 Å². The highest BCUT2D eigenvalue weighted by molar-refractivity contribution is 7.92. The van der Waals surface area contributed by atoms with Gasteiger partial charge in [0.25, 0.3) is 10.0 Å². The smallest absolute Gasteiger partial charge is 0.267 e. The first-order chi connectivity index (χ1) is 12.0. The molecule has 0 saturated carbocycles. The van der Waals surface area contributed by atoms with Gasteiger partial charge in [0.2, 0.25) is 0 Å². The van der Waals surface area contributed by atoms with Gasteiger partial charge in [-0.05, 0) is 31.2 Å². The van der Waals surface area contributed by atoms with E-state index in [1.807, 2.05) is 36.4 Å². The summed E-state index contributed by atoms with van der Waals surface area (Å²) in [5.41, 5.74) is 1.27. The lowest BCUT2D eigenvalue weighted by molar-refractivity contribution is 0.204. The van der Waals surface area contributed by atoms with Crippen molar-refractivity contribution in [3.05, 3.63) is 73.1 Å². The van der Waals surface area contributed by atoms with Gasteiger partial charge in [0, 0.05) is 0 Å². The number of benzene rings is 2. The molecule has 6 nitrogen and oxygen atoms in total. The monoisotopic (exact) mass is 357 g/mol. The molecule has 0 saturated heterocycles. The lowest BCUT2D eigenvalue weighted by atomic mass is 10.3. The third-order valence-electron chi connectivity index (χ3n) is 3.64. The number of sulfonamides is 1. The molecule has 130 valence electrons. The van der Waals surface area contributed by atoms with Gasteiger partial charge in [-0.3, -0.25) is 4.31 Å². The number of rotatable bonds is 6. The first-order valence-electron chi connectivity index (χ1n) is 7.84. The molecule has 0 aliphatic heterocycles. The van der Waals surface area contributed by atoms with E-state index in [0.29, 0.717) is 5.69 Å². The zero-order chi connectivity index (χ0) is 17.9. The van der Waals surface area contributed by atoms with Crippen LogP contribution < -0.4 is 4.31 Å². The molecule has 2 aromatic carbocycles. The first-order valence-corrected chi connectivity index (χ1v) is 9.28. The van der Waals surface area contributed by atoms with E-state index >= 15 is 0 Å². The normalized spacial score (nSPS) is 12.7. The Morgan fingerprint density at radius 2 is 1.68 bits per heavy atom. The van der Waals surface area contributed by atoms with E-state index in [4.69, 9.17) is 0 Å². The van der Waals surface area contributed by atoms with E-state index in [2.05, 4.69) is 5.10 Å². The van der Waals surface area contributed by atoms with Gasteiger partial charge in [-0.2, -0.15) is 5.10 Å². The summed E-state index contributed by atoms with van der Waals surface area (Å²) in [4.78, 5) is 0.0702. The topological polar surface area (TPSA) is 75.4 Å². The van der Waals surface area contributed by atoms with Gasteiger partial charge in [-0.25, -0.2) is 13.1 Å². The third kappa shape index (κ3) is 3.72. The number of hydrogen-bond donors (Lipinski definition) is 1. The van der Waals surface area contributed by atoms with Gasteiger partial charge in [0.15, 0.2) is 0 Å². The summed E-state index contributed by atoms with van der Waals surface area (Å²) in [5.74, 6) is 0. The summed E-state index contributed by atoms with van der Waals surface area (Å²) >= 11 is 0. The second-order valence-corrected chi connectivity index (χ2v) is 7.54. The minimum Gasteiger partial charge on any atom is -0.392 e. The Balaban J connectivity index is 2.00. The lowest BCUT2D eigenvalue weighted by Gasteiger charge is -2.25. The Hall–Kier alpha value is -2.64. The molecule has 0 unspecified atom stereocenters. The Kier molecular flexibility index (Phi) is 4.87. The van der Waals surface area contributed by atoms with E-state index in [1.165, 1.54) is 21.4 Å². The molecule has 25 heavy (non-hydrogen) atoms. The second kappa shape index (κ2) is 7.08. The number of para-hydroxylation sites is 2. The Bertz CT molecular complexity index is 922. The predicted molar refractivity (Wildman–Crippen MR) is 96.2 cm³/mol. The van der Waals surface area contributed by atoms with Gasteiger partial charge < -0.3 is 5.11 Å².